The van der Waals surface area contributed by atoms with Gasteiger partial charge in [-0.2, -0.15) is 0 Å². The Bertz CT molecular complexity index is 929. The molecule has 1 fully saturated rings. The van der Waals surface area contributed by atoms with Crippen LogP contribution in [0.25, 0.3) is 0 Å². The number of aliphatic carboxylic acids is 2. The maximum Gasteiger partial charge on any atom is 0.414 e. The molecule has 0 radical (unpaired) electrons. The normalized spacial score (nSPS) is 15.5. The van der Waals surface area contributed by atoms with Crippen molar-refractivity contribution >= 4 is 29.4 Å². The average Bonchev–Trinajstić information content (AvgIpc) is 2.98. The predicted octanol–water partition coefficient (Wildman–Crippen LogP) is 1.32. The number of phenolic OH excluding ortho intramolecular Hbond substituents is 1. The van der Waals surface area contributed by atoms with Crippen molar-refractivity contribution in [1.82, 2.24) is 5.32 Å². The van der Waals surface area contributed by atoms with Crippen molar-refractivity contribution in [2.75, 3.05) is 11.4 Å². The lowest BCUT2D eigenvalue weighted by Crippen LogP contribution is -2.39. The number of phenols is 1. The Morgan fingerprint density at radius 1 is 1.03 bits per heavy atom. The third kappa shape index (κ3) is 5.89. The molecule has 30 heavy (non-hydrogen) atoms. The molecule has 9 heteroatoms. The Morgan fingerprint density at radius 2 is 1.63 bits per heavy atom. The van der Waals surface area contributed by atoms with Crippen LogP contribution in [0.1, 0.15) is 17.5 Å². The van der Waals surface area contributed by atoms with E-state index in [1.54, 1.807) is 18.2 Å². The van der Waals surface area contributed by atoms with Gasteiger partial charge in [0, 0.05) is 0 Å². The van der Waals surface area contributed by atoms with E-state index < -0.39 is 18.0 Å². The molecule has 0 aliphatic carbocycles. The number of aromatic hydroxyl groups is 1. The number of carbonyl (C=O) groups excluding carboxylic acids is 2. The van der Waals surface area contributed by atoms with Crippen LogP contribution in [0.3, 0.4) is 0 Å². The molecular formula is C21H22N2O7. The van der Waals surface area contributed by atoms with Crippen LogP contribution in [0.5, 0.6) is 5.75 Å². The second-order valence-electron chi connectivity index (χ2n) is 6.59. The van der Waals surface area contributed by atoms with Gasteiger partial charge in [-0.25, -0.2) is 14.5 Å². The summed E-state index contributed by atoms with van der Waals surface area (Å²) >= 11 is 0. The average molecular weight is 414 g/mol. The molecule has 4 N–H and O–H groups in total. The minimum atomic E-state index is -1.82. The topological polar surface area (TPSA) is 144 Å². The number of imide groups is 1. The number of hydrogen-bond acceptors (Lipinski definition) is 6. The van der Waals surface area contributed by atoms with E-state index in [-0.39, 0.29) is 24.0 Å². The van der Waals surface area contributed by atoms with Crippen molar-refractivity contribution in [2.24, 2.45) is 0 Å². The van der Waals surface area contributed by atoms with Crippen LogP contribution in [0.2, 0.25) is 0 Å². The Hall–Kier alpha value is -3.72. The number of anilines is 1. The van der Waals surface area contributed by atoms with Crippen molar-refractivity contribution in [3.8, 4) is 5.75 Å². The van der Waals surface area contributed by atoms with Crippen molar-refractivity contribution in [3.05, 3.63) is 59.7 Å². The molecule has 3 rings (SSSR count). The molecule has 1 saturated heterocycles. The third-order valence-electron chi connectivity index (χ3n) is 4.43. The van der Waals surface area contributed by atoms with Gasteiger partial charge < -0.3 is 20.6 Å². The standard InChI is InChI=1S/C19H20N2O3.C2H2O4/c1-13-4-2-3-5-17(13)21-18(23)12-16(19(21)24)20-11-10-14-6-8-15(22)9-7-14;3-1(4)2(5)6/h2-9,16,20,22H,10-12H2,1H3;(H,3,4)(H,5,6). The fourth-order valence-electron chi connectivity index (χ4n) is 2.91. The maximum absolute atomic E-state index is 12.6. The van der Waals surface area contributed by atoms with Crippen molar-refractivity contribution in [1.29, 1.82) is 0 Å². The van der Waals surface area contributed by atoms with Gasteiger partial charge >= 0.3 is 11.9 Å². The Balaban J connectivity index is 0.000000469. The summed E-state index contributed by atoms with van der Waals surface area (Å²) in [6.45, 7) is 2.48. The number of nitrogens with one attached hydrogen (secondary N) is 1. The van der Waals surface area contributed by atoms with Crippen LogP contribution >= 0.6 is 0 Å². The summed E-state index contributed by atoms with van der Waals surface area (Å²) in [7, 11) is 0. The number of carboxylic acids is 2. The minimum Gasteiger partial charge on any atom is -0.508 e. The van der Waals surface area contributed by atoms with E-state index in [1.807, 2.05) is 37.3 Å². The second-order valence-corrected chi connectivity index (χ2v) is 6.59. The predicted molar refractivity (Wildman–Crippen MR) is 107 cm³/mol. The van der Waals surface area contributed by atoms with Crippen molar-refractivity contribution in [3.63, 3.8) is 0 Å². The number of para-hydroxylation sites is 1. The van der Waals surface area contributed by atoms with Gasteiger partial charge in [0.2, 0.25) is 5.91 Å². The Kier molecular flexibility index (Phi) is 7.65. The number of carbonyl (C=O) groups is 4. The molecular weight excluding hydrogens is 392 g/mol. The highest BCUT2D eigenvalue weighted by Gasteiger charge is 2.39. The van der Waals surface area contributed by atoms with E-state index in [0.29, 0.717) is 12.2 Å². The summed E-state index contributed by atoms with van der Waals surface area (Å²) in [5, 5.41) is 27.2. The molecule has 158 valence electrons. The maximum atomic E-state index is 12.6. The summed E-state index contributed by atoms with van der Waals surface area (Å²) in [6, 6.07) is 13.9. The van der Waals surface area contributed by atoms with E-state index >= 15 is 0 Å². The molecule has 9 nitrogen and oxygen atoms in total. The molecule has 0 aromatic heterocycles. The van der Waals surface area contributed by atoms with Gasteiger partial charge in [-0.05, 0) is 49.2 Å². The van der Waals surface area contributed by atoms with E-state index in [1.165, 1.54) is 4.90 Å². The zero-order valence-electron chi connectivity index (χ0n) is 16.2. The van der Waals surface area contributed by atoms with Gasteiger partial charge in [-0.15, -0.1) is 0 Å². The van der Waals surface area contributed by atoms with Crippen LogP contribution < -0.4 is 10.2 Å². The first-order chi connectivity index (χ1) is 14.2. The first-order valence-corrected chi connectivity index (χ1v) is 9.10. The summed E-state index contributed by atoms with van der Waals surface area (Å²) in [6.07, 6.45) is 0.908. The Morgan fingerprint density at radius 3 is 2.20 bits per heavy atom. The number of aryl methyl sites for hydroxylation is 1. The highest BCUT2D eigenvalue weighted by atomic mass is 16.4. The quantitative estimate of drug-likeness (QED) is 0.424. The van der Waals surface area contributed by atoms with E-state index in [4.69, 9.17) is 19.8 Å². The lowest BCUT2D eigenvalue weighted by atomic mass is 10.1. The highest BCUT2D eigenvalue weighted by Crippen LogP contribution is 2.25. The first kappa shape index (κ1) is 22.6. The fourth-order valence-corrected chi connectivity index (χ4v) is 2.91. The summed E-state index contributed by atoms with van der Waals surface area (Å²) in [4.78, 5) is 44.3. The fraction of sp³-hybridized carbons (Fsp3) is 0.238. The lowest BCUT2D eigenvalue weighted by molar-refractivity contribution is -0.159. The van der Waals surface area contributed by atoms with Crippen LogP contribution in [0.15, 0.2) is 48.5 Å². The van der Waals surface area contributed by atoms with Gasteiger partial charge in [-0.3, -0.25) is 9.59 Å². The largest absolute Gasteiger partial charge is 0.508 e. The highest BCUT2D eigenvalue weighted by molar-refractivity contribution is 6.27. The SMILES string of the molecule is Cc1ccccc1N1C(=O)CC(NCCc2ccc(O)cc2)C1=O.O=C(O)C(=O)O. The van der Waals surface area contributed by atoms with Gasteiger partial charge in [0.25, 0.3) is 5.91 Å². The number of nitrogens with zero attached hydrogens (tertiary/aromatic N) is 1. The van der Waals surface area contributed by atoms with E-state index in [9.17, 15) is 14.7 Å². The number of rotatable bonds is 5. The molecule has 0 saturated carbocycles. The molecule has 1 unspecified atom stereocenters. The zero-order valence-corrected chi connectivity index (χ0v) is 16.2. The number of hydrogen-bond donors (Lipinski definition) is 4. The molecule has 0 spiro atoms. The van der Waals surface area contributed by atoms with Gasteiger partial charge in [0.15, 0.2) is 0 Å². The van der Waals surface area contributed by atoms with Crippen molar-refractivity contribution < 1.29 is 34.5 Å². The minimum absolute atomic E-state index is 0.170. The molecule has 2 amide bonds. The van der Waals surface area contributed by atoms with E-state index in [2.05, 4.69) is 5.32 Å². The summed E-state index contributed by atoms with van der Waals surface area (Å²) in [5.41, 5.74) is 2.63. The number of benzene rings is 2. The monoisotopic (exact) mass is 414 g/mol. The van der Waals surface area contributed by atoms with Crippen LogP contribution in [0.4, 0.5) is 5.69 Å². The van der Waals surface area contributed by atoms with Crippen LogP contribution in [0, 0.1) is 6.92 Å². The number of carboxylic acid groups (broad SMARTS) is 2. The van der Waals surface area contributed by atoms with Crippen molar-refractivity contribution in [2.45, 2.75) is 25.8 Å². The first-order valence-electron chi connectivity index (χ1n) is 9.10. The van der Waals surface area contributed by atoms with Crippen LogP contribution in [-0.4, -0.2) is 51.7 Å². The summed E-state index contributed by atoms with van der Waals surface area (Å²) in [5.74, 6) is -3.78. The van der Waals surface area contributed by atoms with Crippen LogP contribution in [-0.2, 0) is 25.6 Å². The molecule has 1 aliphatic rings. The molecule has 2 aromatic carbocycles. The Labute approximate surface area is 172 Å². The zero-order chi connectivity index (χ0) is 22.3. The van der Waals surface area contributed by atoms with E-state index in [0.717, 1.165) is 17.5 Å². The molecule has 1 atom stereocenters. The van der Waals surface area contributed by atoms with Gasteiger partial charge in [-0.1, -0.05) is 30.3 Å². The number of amides is 2. The lowest BCUT2D eigenvalue weighted by Gasteiger charge is -2.17. The molecule has 1 aliphatic heterocycles. The van der Waals surface area contributed by atoms with Gasteiger partial charge in [0.05, 0.1) is 18.2 Å². The third-order valence-corrected chi connectivity index (χ3v) is 4.43. The summed E-state index contributed by atoms with van der Waals surface area (Å²) < 4.78 is 0. The van der Waals surface area contributed by atoms with Gasteiger partial charge in [0.1, 0.15) is 5.75 Å². The molecule has 0 bridgehead atoms. The molecule has 1 heterocycles. The second kappa shape index (κ2) is 10.2. The molecule has 2 aromatic rings. The smallest absolute Gasteiger partial charge is 0.414 e.